The molecule has 0 saturated heterocycles. The third kappa shape index (κ3) is 6.27. The number of anilines is 1. The average Bonchev–Trinajstić information content (AvgIpc) is 2.80. The van der Waals surface area contributed by atoms with Crippen molar-refractivity contribution in [1.29, 1.82) is 5.26 Å². The molecule has 0 spiro atoms. The Bertz CT molecular complexity index is 1070. The first kappa shape index (κ1) is 22.8. The van der Waals surface area contributed by atoms with Crippen LogP contribution < -0.4 is 5.32 Å². The number of esters is 3. The van der Waals surface area contributed by atoms with Gasteiger partial charge in [0, 0.05) is 0 Å². The fraction of sp³-hybridized carbons (Fsp3) is 0.136. The Morgan fingerprint density at radius 2 is 1.68 bits per heavy atom. The number of benzene rings is 2. The molecular weight excluding hydrogens is 404 g/mol. The highest BCUT2D eigenvalue weighted by Gasteiger charge is 2.19. The minimum absolute atomic E-state index is 0.0171. The summed E-state index contributed by atoms with van der Waals surface area (Å²) in [4.78, 5) is 48.0. The van der Waals surface area contributed by atoms with E-state index in [-0.39, 0.29) is 22.4 Å². The van der Waals surface area contributed by atoms with E-state index >= 15 is 0 Å². The summed E-state index contributed by atoms with van der Waals surface area (Å²) in [7, 11) is 2.34. The number of carbonyl (C=O) groups is 4. The topological polar surface area (TPSA) is 132 Å². The molecule has 158 valence electrons. The number of nitrogens with zero attached hydrogens (tertiary/aromatic N) is 1. The number of hydrogen-bond acceptors (Lipinski definition) is 8. The van der Waals surface area contributed by atoms with Crippen molar-refractivity contribution in [3.05, 3.63) is 70.8 Å². The van der Waals surface area contributed by atoms with Gasteiger partial charge in [-0.05, 0) is 29.8 Å². The molecule has 0 aliphatic rings. The predicted octanol–water partition coefficient (Wildman–Crippen LogP) is 2.35. The summed E-state index contributed by atoms with van der Waals surface area (Å²) in [5, 5.41) is 11.6. The van der Waals surface area contributed by atoms with E-state index in [1.54, 1.807) is 36.4 Å². The van der Waals surface area contributed by atoms with E-state index in [2.05, 4.69) is 14.8 Å². The first-order chi connectivity index (χ1) is 14.9. The number of methoxy groups -OCH3 is 2. The maximum Gasteiger partial charge on any atom is 0.349 e. The molecule has 0 aromatic heterocycles. The molecule has 2 aromatic carbocycles. The lowest BCUT2D eigenvalue weighted by Crippen LogP contribution is -2.23. The number of ether oxygens (including phenoxy) is 3. The van der Waals surface area contributed by atoms with Crippen molar-refractivity contribution in [2.24, 2.45) is 0 Å². The van der Waals surface area contributed by atoms with E-state index in [0.29, 0.717) is 5.56 Å². The van der Waals surface area contributed by atoms with Crippen molar-refractivity contribution in [2.75, 3.05) is 26.1 Å². The van der Waals surface area contributed by atoms with Gasteiger partial charge in [-0.2, -0.15) is 5.26 Å². The Hall–Kier alpha value is -4.45. The molecule has 0 aliphatic heterocycles. The van der Waals surface area contributed by atoms with Crippen LogP contribution in [-0.4, -0.2) is 44.6 Å². The Balaban J connectivity index is 2.12. The zero-order valence-electron chi connectivity index (χ0n) is 16.7. The molecule has 0 bridgehead atoms. The zero-order chi connectivity index (χ0) is 22.8. The number of hydrogen-bond donors (Lipinski definition) is 1. The van der Waals surface area contributed by atoms with Crippen LogP contribution in [0.5, 0.6) is 0 Å². The molecule has 31 heavy (non-hydrogen) atoms. The molecule has 0 aliphatic carbocycles. The van der Waals surface area contributed by atoms with Crippen LogP contribution in [0.4, 0.5) is 5.69 Å². The van der Waals surface area contributed by atoms with Crippen molar-refractivity contribution in [3.63, 3.8) is 0 Å². The Labute approximate surface area is 177 Å². The van der Waals surface area contributed by atoms with Gasteiger partial charge in [0.15, 0.2) is 6.61 Å². The van der Waals surface area contributed by atoms with Crippen molar-refractivity contribution < 1.29 is 33.4 Å². The largest absolute Gasteiger partial charge is 0.465 e. The molecule has 0 atom stereocenters. The molecule has 0 heterocycles. The summed E-state index contributed by atoms with van der Waals surface area (Å²) < 4.78 is 14.1. The summed E-state index contributed by atoms with van der Waals surface area (Å²) in [6.45, 7) is -0.726. The molecule has 9 heteroatoms. The average molecular weight is 422 g/mol. The van der Waals surface area contributed by atoms with E-state index < -0.39 is 30.4 Å². The summed E-state index contributed by atoms with van der Waals surface area (Å²) in [5.41, 5.74) is 0.359. The number of nitriles is 1. The lowest BCUT2D eigenvalue weighted by Gasteiger charge is -2.11. The monoisotopic (exact) mass is 422 g/mol. The number of rotatable bonds is 7. The zero-order valence-corrected chi connectivity index (χ0v) is 16.7. The molecule has 0 saturated carbocycles. The van der Waals surface area contributed by atoms with Gasteiger partial charge < -0.3 is 19.5 Å². The van der Waals surface area contributed by atoms with Gasteiger partial charge in [0.1, 0.15) is 11.6 Å². The van der Waals surface area contributed by atoms with Gasteiger partial charge in [0.05, 0.1) is 31.0 Å². The van der Waals surface area contributed by atoms with E-state index in [1.807, 2.05) is 0 Å². The molecule has 0 unspecified atom stereocenters. The predicted molar refractivity (Wildman–Crippen MR) is 109 cm³/mol. The molecule has 2 rings (SSSR count). The molecule has 9 nitrogen and oxygen atoms in total. The van der Waals surface area contributed by atoms with Gasteiger partial charge in [-0.15, -0.1) is 0 Å². The Morgan fingerprint density at radius 1 is 1.00 bits per heavy atom. The van der Waals surface area contributed by atoms with E-state index in [9.17, 15) is 24.4 Å². The second-order valence-corrected chi connectivity index (χ2v) is 5.95. The molecule has 0 fully saturated rings. The van der Waals surface area contributed by atoms with Crippen molar-refractivity contribution in [1.82, 2.24) is 0 Å². The quantitative estimate of drug-likeness (QED) is 0.311. The second kappa shape index (κ2) is 10.9. The van der Waals surface area contributed by atoms with E-state index in [4.69, 9.17) is 4.74 Å². The van der Waals surface area contributed by atoms with E-state index in [1.165, 1.54) is 31.4 Å². The van der Waals surface area contributed by atoms with Gasteiger partial charge in [-0.3, -0.25) is 4.79 Å². The Kier molecular flexibility index (Phi) is 8.04. The fourth-order valence-corrected chi connectivity index (χ4v) is 2.43. The van der Waals surface area contributed by atoms with Crippen LogP contribution in [0.1, 0.15) is 26.3 Å². The van der Waals surface area contributed by atoms with Crippen molar-refractivity contribution in [3.8, 4) is 6.07 Å². The smallest absolute Gasteiger partial charge is 0.349 e. The summed E-state index contributed by atoms with van der Waals surface area (Å²) >= 11 is 0. The van der Waals surface area contributed by atoms with E-state index in [0.717, 1.165) is 7.11 Å². The maximum atomic E-state index is 12.2. The highest BCUT2D eigenvalue weighted by Crippen LogP contribution is 2.20. The van der Waals surface area contributed by atoms with Crippen LogP contribution in [0.3, 0.4) is 0 Å². The van der Waals surface area contributed by atoms with Gasteiger partial charge in [0.2, 0.25) is 0 Å². The van der Waals surface area contributed by atoms with Crippen molar-refractivity contribution >= 4 is 35.6 Å². The first-order valence-electron chi connectivity index (χ1n) is 8.84. The molecular formula is C22H18N2O7. The highest BCUT2D eigenvalue weighted by atomic mass is 16.5. The summed E-state index contributed by atoms with van der Waals surface area (Å²) in [6, 6.07) is 14.2. The van der Waals surface area contributed by atoms with Gasteiger partial charge in [-0.25, -0.2) is 14.4 Å². The molecule has 1 amide bonds. The normalized spacial score (nSPS) is 10.4. The second-order valence-electron chi connectivity index (χ2n) is 5.95. The first-order valence-corrected chi connectivity index (χ1v) is 8.84. The molecule has 1 N–H and O–H groups in total. The lowest BCUT2D eigenvalue weighted by molar-refractivity contribution is -0.142. The van der Waals surface area contributed by atoms with Crippen molar-refractivity contribution in [2.45, 2.75) is 0 Å². The third-order valence-corrected chi connectivity index (χ3v) is 3.91. The maximum absolute atomic E-state index is 12.2. The summed E-state index contributed by atoms with van der Waals surface area (Å²) in [6.07, 6.45) is 1.33. The fourth-order valence-electron chi connectivity index (χ4n) is 2.43. The Morgan fingerprint density at radius 3 is 2.29 bits per heavy atom. The van der Waals surface area contributed by atoms with Crippen LogP contribution in [0, 0.1) is 11.3 Å². The van der Waals surface area contributed by atoms with Gasteiger partial charge in [0.25, 0.3) is 5.91 Å². The SMILES string of the molecule is COC(=O)c1ccc(C(=O)OC)c(NC(=O)COC(=O)C(C#N)=Cc2ccccc2)c1. The number of amides is 1. The standard InChI is InChI=1S/C22H18N2O7/c1-29-20(26)15-8-9-17(22(28)30-2)18(11-15)24-19(25)13-31-21(27)16(12-23)10-14-6-4-3-5-7-14/h3-11H,13H2,1-2H3,(H,24,25). The van der Waals surface area contributed by atoms with Crippen LogP contribution >= 0.6 is 0 Å². The third-order valence-electron chi connectivity index (χ3n) is 3.91. The molecule has 0 radical (unpaired) electrons. The summed E-state index contributed by atoms with van der Waals surface area (Å²) in [5.74, 6) is -3.21. The number of carbonyl (C=O) groups excluding carboxylic acids is 4. The lowest BCUT2D eigenvalue weighted by atomic mass is 10.1. The van der Waals surface area contributed by atoms with Crippen LogP contribution in [0.25, 0.3) is 6.08 Å². The highest BCUT2D eigenvalue weighted by molar-refractivity contribution is 6.04. The molecule has 2 aromatic rings. The van der Waals surface area contributed by atoms with Crippen LogP contribution in [0.2, 0.25) is 0 Å². The van der Waals surface area contributed by atoms with Gasteiger partial charge in [-0.1, -0.05) is 30.3 Å². The minimum Gasteiger partial charge on any atom is -0.465 e. The number of nitrogens with one attached hydrogen (secondary N) is 1. The van der Waals surface area contributed by atoms with Crippen LogP contribution in [-0.2, 0) is 23.8 Å². The minimum atomic E-state index is -0.988. The van der Waals surface area contributed by atoms with Crippen LogP contribution in [0.15, 0.2) is 54.1 Å². The van der Waals surface area contributed by atoms with Gasteiger partial charge >= 0.3 is 17.9 Å².